The van der Waals surface area contributed by atoms with E-state index in [2.05, 4.69) is 10.6 Å². The Kier molecular flexibility index (Phi) is 9.06. The van der Waals surface area contributed by atoms with Gasteiger partial charge in [0, 0.05) is 19.5 Å². The lowest BCUT2D eigenvalue weighted by Crippen LogP contribution is -2.30. The Bertz CT molecular complexity index is 359. The molecule has 0 radical (unpaired) electrons. The van der Waals surface area contributed by atoms with E-state index in [-0.39, 0.29) is 18.3 Å². The van der Waals surface area contributed by atoms with Gasteiger partial charge in [-0.1, -0.05) is 12.1 Å². The first kappa shape index (κ1) is 16.7. The molecular formula is C13H21ClN2O2. The zero-order valence-corrected chi connectivity index (χ0v) is 11.7. The first-order valence-corrected chi connectivity index (χ1v) is 5.80. The number of methoxy groups -OCH3 is 1. The van der Waals surface area contributed by atoms with Crippen LogP contribution in [-0.4, -0.2) is 33.2 Å². The van der Waals surface area contributed by atoms with Gasteiger partial charge in [-0.3, -0.25) is 4.79 Å². The maximum absolute atomic E-state index is 11.5. The maximum Gasteiger partial charge on any atom is 0.220 e. The predicted octanol–water partition coefficient (Wildman–Crippen LogP) is 1.39. The van der Waals surface area contributed by atoms with E-state index in [0.29, 0.717) is 13.0 Å². The molecule has 18 heavy (non-hydrogen) atoms. The third kappa shape index (κ3) is 6.47. The molecule has 1 aromatic rings. The number of rotatable bonds is 7. The molecule has 0 heterocycles. The molecule has 2 N–H and O–H groups in total. The van der Waals surface area contributed by atoms with Gasteiger partial charge in [-0.25, -0.2) is 0 Å². The lowest BCUT2D eigenvalue weighted by Gasteiger charge is -2.06. The summed E-state index contributed by atoms with van der Waals surface area (Å²) < 4.78 is 5.13. The molecule has 0 bridgehead atoms. The van der Waals surface area contributed by atoms with Crippen LogP contribution in [-0.2, 0) is 11.2 Å². The van der Waals surface area contributed by atoms with Crippen molar-refractivity contribution in [3.8, 4) is 5.75 Å². The molecule has 0 aliphatic rings. The van der Waals surface area contributed by atoms with Crippen molar-refractivity contribution in [1.82, 2.24) is 10.6 Å². The molecule has 1 aromatic carbocycles. The molecule has 0 aliphatic heterocycles. The van der Waals surface area contributed by atoms with Gasteiger partial charge in [0.05, 0.1) is 7.11 Å². The van der Waals surface area contributed by atoms with E-state index in [1.165, 1.54) is 0 Å². The smallest absolute Gasteiger partial charge is 0.220 e. The van der Waals surface area contributed by atoms with Crippen molar-refractivity contribution in [2.24, 2.45) is 0 Å². The van der Waals surface area contributed by atoms with Crippen LogP contribution in [0.4, 0.5) is 0 Å². The zero-order chi connectivity index (χ0) is 12.5. The van der Waals surface area contributed by atoms with Crippen molar-refractivity contribution in [3.63, 3.8) is 0 Å². The van der Waals surface area contributed by atoms with Gasteiger partial charge in [0.15, 0.2) is 0 Å². The lowest BCUT2D eigenvalue weighted by atomic mass is 10.1. The van der Waals surface area contributed by atoms with Crippen molar-refractivity contribution in [3.05, 3.63) is 29.8 Å². The van der Waals surface area contributed by atoms with Crippen LogP contribution in [0.2, 0.25) is 0 Å². The first-order valence-electron chi connectivity index (χ1n) is 5.80. The molecule has 1 rings (SSSR count). The number of benzene rings is 1. The highest BCUT2D eigenvalue weighted by molar-refractivity contribution is 5.85. The molecular weight excluding hydrogens is 252 g/mol. The standard InChI is InChI=1S/C13H20N2O2.ClH/c1-14-8-9-15-13(16)7-6-11-4-3-5-12(10-11)17-2;/h3-5,10,14H,6-9H2,1-2H3,(H,15,16);1H. The Morgan fingerprint density at radius 3 is 2.78 bits per heavy atom. The van der Waals surface area contributed by atoms with E-state index < -0.39 is 0 Å². The maximum atomic E-state index is 11.5. The third-order valence-electron chi connectivity index (χ3n) is 2.47. The summed E-state index contributed by atoms with van der Waals surface area (Å²) in [7, 11) is 3.51. The molecule has 0 spiro atoms. The summed E-state index contributed by atoms with van der Waals surface area (Å²) in [5.74, 6) is 0.918. The highest BCUT2D eigenvalue weighted by Crippen LogP contribution is 2.13. The van der Waals surface area contributed by atoms with Crippen molar-refractivity contribution in [2.45, 2.75) is 12.8 Å². The number of ether oxygens (including phenoxy) is 1. The first-order chi connectivity index (χ1) is 8.26. The van der Waals surface area contributed by atoms with E-state index in [1.54, 1.807) is 7.11 Å². The zero-order valence-electron chi connectivity index (χ0n) is 10.9. The van der Waals surface area contributed by atoms with Crippen molar-refractivity contribution in [2.75, 3.05) is 27.2 Å². The van der Waals surface area contributed by atoms with Gasteiger partial charge in [-0.15, -0.1) is 12.4 Å². The summed E-state index contributed by atoms with van der Waals surface area (Å²) in [5.41, 5.74) is 1.12. The molecule has 0 saturated heterocycles. The number of halogens is 1. The largest absolute Gasteiger partial charge is 0.497 e. The molecule has 1 amide bonds. The van der Waals surface area contributed by atoms with Gasteiger partial charge in [0.25, 0.3) is 0 Å². The van der Waals surface area contributed by atoms with Gasteiger partial charge in [0.1, 0.15) is 5.75 Å². The average molecular weight is 273 g/mol. The summed E-state index contributed by atoms with van der Waals surface area (Å²) >= 11 is 0. The number of likely N-dealkylation sites (N-methyl/N-ethyl adjacent to an activating group) is 1. The number of carbonyl (C=O) groups is 1. The molecule has 0 unspecified atom stereocenters. The van der Waals surface area contributed by atoms with Crippen molar-refractivity contribution in [1.29, 1.82) is 0 Å². The number of amides is 1. The van der Waals surface area contributed by atoms with Gasteiger partial charge in [0.2, 0.25) is 5.91 Å². The van der Waals surface area contributed by atoms with E-state index >= 15 is 0 Å². The van der Waals surface area contributed by atoms with Crippen LogP contribution >= 0.6 is 12.4 Å². The third-order valence-corrected chi connectivity index (χ3v) is 2.47. The summed E-state index contributed by atoms with van der Waals surface area (Å²) in [5, 5.41) is 5.83. The second-order valence-electron chi connectivity index (χ2n) is 3.81. The second kappa shape index (κ2) is 9.74. The van der Waals surface area contributed by atoms with E-state index in [0.717, 1.165) is 24.3 Å². The van der Waals surface area contributed by atoms with Gasteiger partial charge < -0.3 is 15.4 Å². The molecule has 4 nitrogen and oxygen atoms in total. The summed E-state index contributed by atoms with van der Waals surface area (Å²) in [6.45, 7) is 1.47. The van der Waals surface area contributed by atoms with Crippen LogP contribution in [0.5, 0.6) is 5.75 Å². The van der Waals surface area contributed by atoms with Gasteiger partial charge >= 0.3 is 0 Å². The lowest BCUT2D eigenvalue weighted by molar-refractivity contribution is -0.121. The monoisotopic (exact) mass is 272 g/mol. The average Bonchev–Trinajstić information content (AvgIpc) is 2.37. The Labute approximate surface area is 115 Å². The number of nitrogens with one attached hydrogen (secondary N) is 2. The van der Waals surface area contributed by atoms with Gasteiger partial charge in [-0.05, 0) is 31.2 Å². The minimum Gasteiger partial charge on any atom is -0.497 e. The fourth-order valence-electron chi connectivity index (χ4n) is 1.50. The number of carbonyl (C=O) groups excluding carboxylic acids is 1. The minimum absolute atomic E-state index is 0. The predicted molar refractivity (Wildman–Crippen MR) is 75.5 cm³/mol. The quantitative estimate of drug-likeness (QED) is 0.738. The van der Waals surface area contributed by atoms with Crippen LogP contribution < -0.4 is 15.4 Å². The fourth-order valence-corrected chi connectivity index (χ4v) is 1.50. The van der Waals surface area contributed by atoms with E-state index in [1.807, 2.05) is 31.3 Å². The molecule has 0 fully saturated rings. The Morgan fingerprint density at radius 2 is 2.11 bits per heavy atom. The topological polar surface area (TPSA) is 50.4 Å². The Balaban J connectivity index is 0.00000289. The van der Waals surface area contributed by atoms with Crippen molar-refractivity contribution < 1.29 is 9.53 Å². The van der Waals surface area contributed by atoms with Gasteiger partial charge in [-0.2, -0.15) is 0 Å². The fraction of sp³-hybridized carbons (Fsp3) is 0.462. The SMILES string of the molecule is CNCCNC(=O)CCc1cccc(OC)c1.Cl. The highest BCUT2D eigenvalue weighted by atomic mass is 35.5. The molecule has 102 valence electrons. The summed E-state index contributed by atoms with van der Waals surface area (Å²) in [6.07, 6.45) is 1.25. The van der Waals surface area contributed by atoms with Crippen LogP contribution in [0, 0.1) is 0 Å². The molecule has 5 heteroatoms. The van der Waals surface area contributed by atoms with Crippen LogP contribution in [0.15, 0.2) is 24.3 Å². The highest BCUT2D eigenvalue weighted by Gasteiger charge is 2.02. The molecule has 0 aromatic heterocycles. The van der Waals surface area contributed by atoms with E-state index in [4.69, 9.17) is 4.74 Å². The number of aryl methyl sites for hydroxylation is 1. The molecule has 0 aliphatic carbocycles. The molecule has 0 saturated carbocycles. The van der Waals surface area contributed by atoms with Crippen LogP contribution in [0.25, 0.3) is 0 Å². The number of hydrogen-bond donors (Lipinski definition) is 2. The number of hydrogen-bond acceptors (Lipinski definition) is 3. The Hall–Kier alpha value is -1.26. The van der Waals surface area contributed by atoms with Crippen LogP contribution in [0.3, 0.4) is 0 Å². The molecule has 0 atom stereocenters. The second-order valence-corrected chi connectivity index (χ2v) is 3.81. The summed E-state index contributed by atoms with van der Waals surface area (Å²) in [4.78, 5) is 11.5. The Morgan fingerprint density at radius 1 is 1.33 bits per heavy atom. The summed E-state index contributed by atoms with van der Waals surface area (Å²) in [6, 6.07) is 7.80. The van der Waals surface area contributed by atoms with Crippen molar-refractivity contribution >= 4 is 18.3 Å². The normalized spacial score (nSPS) is 9.44. The minimum atomic E-state index is 0. The van der Waals surface area contributed by atoms with Crippen LogP contribution in [0.1, 0.15) is 12.0 Å². The van der Waals surface area contributed by atoms with E-state index in [9.17, 15) is 4.79 Å².